The van der Waals surface area contributed by atoms with Crippen molar-refractivity contribution in [3.63, 3.8) is 0 Å². The van der Waals surface area contributed by atoms with E-state index in [1.807, 2.05) is 41.5 Å². The molecule has 138 valence electrons. The fraction of sp³-hybridized carbons (Fsp3) is 0.647. The summed E-state index contributed by atoms with van der Waals surface area (Å²) in [6, 6.07) is 3.31. The van der Waals surface area contributed by atoms with Gasteiger partial charge in [-0.15, -0.1) is 0 Å². The topological polar surface area (TPSA) is 0 Å². The number of hydrogen-bond acceptors (Lipinski definition) is 0. The standard InChI is InChI=1S/C17H23F6Si.Li/c1-10(2)24(11(3)4,12(5)6)15-8-13(16(18,19)20)7-14(9-15)17(21,22)23;/h8-12H,1-6H3;/q-1;+1. The van der Waals surface area contributed by atoms with Crippen molar-refractivity contribution < 1.29 is 45.2 Å². The number of alkyl halides is 6. The molecule has 0 nitrogen and oxygen atoms in total. The molecule has 0 fully saturated rings. The van der Waals surface area contributed by atoms with E-state index in [0.717, 1.165) is 12.1 Å². The van der Waals surface area contributed by atoms with Crippen LogP contribution in [0.5, 0.6) is 0 Å². The van der Waals surface area contributed by atoms with E-state index in [1.165, 1.54) is 6.07 Å². The Hall–Kier alpha value is -0.386. The summed E-state index contributed by atoms with van der Waals surface area (Å²) in [5.74, 6) is 0. The molecule has 0 saturated heterocycles. The maximum atomic E-state index is 13.1. The Kier molecular flexibility index (Phi) is 7.97. The molecule has 0 unspecified atom stereocenters. The summed E-state index contributed by atoms with van der Waals surface area (Å²) in [5, 5.41) is 0.209. The summed E-state index contributed by atoms with van der Waals surface area (Å²) in [5.41, 5.74) is -2.68. The summed E-state index contributed by atoms with van der Waals surface area (Å²) in [4.78, 5) is 0. The van der Waals surface area contributed by atoms with Crippen LogP contribution in [0.3, 0.4) is 0 Å². The van der Waals surface area contributed by atoms with E-state index < -0.39 is 31.6 Å². The summed E-state index contributed by atoms with van der Waals surface area (Å²) >= 11 is 0. The predicted octanol–water partition coefficient (Wildman–Crippen LogP) is 3.41. The van der Waals surface area contributed by atoms with E-state index in [1.54, 1.807) is 0 Å². The molecule has 0 heterocycles. The van der Waals surface area contributed by atoms with Gasteiger partial charge in [-0.1, -0.05) is 52.7 Å². The predicted molar refractivity (Wildman–Crippen MR) is 86.0 cm³/mol. The molecule has 0 N–H and O–H groups in total. The summed E-state index contributed by atoms with van der Waals surface area (Å²) < 4.78 is 78.9. The first kappa shape index (κ1) is 24.6. The van der Waals surface area contributed by atoms with Gasteiger partial charge in [0.15, 0.2) is 0 Å². The molecule has 0 saturated carbocycles. The van der Waals surface area contributed by atoms with Gasteiger partial charge in [-0.05, 0) is 16.6 Å². The minimum absolute atomic E-state index is 0. The van der Waals surface area contributed by atoms with Crippen LogP contribution < -0.4 is 24.0 Å². The van der Waals surface area contributed by atoms with Crippen molar-refractivity contribution in [2.75, 3.05) is 0 Å². The number of rotatable bonds is 4. The summed E-state index contributed by atoms with van der Waals surface area (Å²) in [6.45, 7) is 11.4. The van der Waals surface area contributed by atoms with Crippen molar-refractivity contribution >= 4 is 13.3 Å². The number of benzene rings is 1. The monoisotopic (exact) mass is 376 g/mol. The molecule has 25 heavy (non-hydrogen) atoms. The zero-order valence-corrected chi connectivity index (χ0v) is 16.7. The van der Waals surface area contributed by atoms with Gasteiger partial charge in [0, 0.05) is 0 Å². The molecule has 0 spiro atoms. The van der Waals surface area contributed by atoms with Gasteiger partial charge in [-0.3, -0.25) is 0 Å². The van der Waals surface area contributed by atoms with Crippen LogP contribution in [0.15, 0.2) is 12.1 Å². The molecule has 0 aromatic heterocycles. The van der Waals surface area contributed by atoms with Crippen molar-refractivity contribution in [1.29, 1.82) is 0 Å². The maximum absolute atomic E-state index is 13.1. The van der Waals surface area contributed by atoms with Crippen LogP contribution >= 0.6 is 0 Å². The molecular formula is C17H23F6LiSi. The van der Waals surface area contributed by atoms with Gasteiger partial charge in [-0.25, -0.2) is 0 Å². The third-order valence-electron chi connectivity index (χ3n) is 4.85. The Bertz CT molecular complexity index is 521. The van der Waals surface area contributed by atoms with E-state index in [4.69, 9.17) is 0 Å². The first-order valence-electron chi connectivity index (χ1n) is 7.87. The average molecular weight is 376 g/mol. The van der Waals surface area contributed by atoms with E-state index in [9.17, 15) is 26.3 Å². The van der Waals surface area contributed by atoms with Crippen LogP contribution in [0.25, 0.3) is 0 Å². The Morgan fingerprint density at radius 2 is 1.00 bits per heavy atom. The van der Waals surface area contributed by atoms with Gasteiger partial charge in [-0.2, -0.15) is 49.7 Å². The van der Waals surface area contributed by atoms with Gasteiger partial charge in [0.2, 0.25) is 0 Å². The Labute approximate surface area is 158 Å². The molecule has 0 bridgehead atoms. The number of halogens is 6. The molecule has 0 aliphatic rings. The van der Waals surface area contributed by atoms with E-state index in [0.29, 0.717) is 0 Å². The molecule has 1 rings (SSSR count). The average Bonchev–Trinajstić information content (AvgIpc) is 2.35. The fourth-order valence-corrected chi connectivity index (χ4v) is 10.9. The zero-order valence-electron chi connectivity index (χ0n) is 15.7. The Morgan fingerprint density at radius 1 is 0.720 bits per heavy atom. The summed E-state index contributed by atoms with van der Waals surface area (Å²) in [6.07, 6.45) is -9.72. The van der Waals surface area contributed by atoms with E-state index >= 15 is 0 Å². The SMILES string of the molecule is CC(C)[Si](c1cc(C(F)(F)F)[c-]c(C(F)(F)F)c1)(C(C)C)C(C)C.[Li+]. The van der Waals surface area contributed by atoms with Crippen molar-refractivity contribution in [2.45, 2.75) is 70.5 Å². The normalized spacial score (nSPS) is 13.6. The molecule has 8 heteroatoms. The van der Waals surface area contributed by atoms with Gasteiger partial charge >= 0.3 is 31.2 Å². The smallest absolute Gasteiger partial charge is 0.168 e. The molecule has 1 aromatic carbocycles. The van der Waals surface area contributed by atoms with Crippen molar-refractivity contribution in [2.24, 2.45) is 0 Å². The Morgan fingerprint density at radius 3 is 1.20 bits per heavy atom. The minimum Gasteiger partial charge on any atom is -0.168 e. The van der Waals surface area contributed by atoms with Crippen molar-refractivity contribution in [1.82, 2.24) is 0 Å². The van der Waals surface area contributed by atoms with Crippen molar-refractivity contribution in [3.8, 4) is 0 Å². The summed E-state index contributed by atoms with van der Waals surface area (Å²) in [7, 11) is -2.64. The maximum Gasteiger partial charge on any atom is 1.00 e. The van der Waals surface area contributed by atoms with Gasteiger partial charge < -0.3 is 0 Å². The molecule has 0 amide bonds. The van der Waals surface area contributed by atoms with Crippen LogP contribution in [0, 0.1) is 6.07 Å². The number of hydrogen-bond donors (Lipinski definition) is 0. The first-order chi connectivity index (χ1) is 10.6. The molecule has 0 atom stereocenters. The molecular weight excluding hydrogens is 353 g/mol. The second-order valence-corrected chi connectivity index (χ2v) is 13.0. The van der Waals surface area contributed by atoms with Crippen LogP contribution in [0.4, 0.5) is 26.3 Å². The van der Waals surface area contributed by atoms with Crippen LogP contribution in [-0.4, -0.2) is 8.07 Å². The van der Waals surface area contributed by atoms with Gasteiger partial charge in [0.1, 0.15) is 0 Å². The third-order valence-corrected chi connectivity index (χ3v) is 11.9. The molecule has 0 aliphatic heterocycles. The second-order valence-electron chi connectivity index (χ2n) is 7.09. The van der Waals surface area contributed by atoms with E-state index in [2.05, 4.69) is 0 Å². The quantitative estimate of drug-likeness (QED) is 0.429. The minimum atomic E-state index is -4.86. The van der Waals surface area contributed by atoms with Gasteiger partial charge in [0.25, 0.3) is 0 Å². The zero-order chi connectivity index (χ0) is 19.1. The van der Waals surface area contributed by atoms with Crippen LogP contribution in [0.2, 0.25) is 16.6 Å². The van der Waals surface area contributed by atoms with Crippen LogP contribution in [-0.2, 0) is 12.4 Å². The molecule has 1 aromatic rings. The first-order valence-corrected chi connectivity index (χ1v) is 10.1. The largest absolute Gasteiger partial charge is 1.00 e. The third kappa shape index (κ3) is 4.87. The fourth-order valence-electron chi connectivity index (χ4n) is 4.13. The molecule has 0 radical (unpaired) electrons. The molecule has 0 aliphatic carbocycles. The Balaban J connectivity index is 0.00000576. The van der Waals surface area contributed by atoms with E-state index in [-0.39, 0.29) is 40.7 Å². The second kappa shape index (κ2) is 8.10. The van der Waals surface area contributed by atoms with Crippen molar-refractivity contribution in [3.05, 3.63) is 29.3 Å². The van der Waals surface area contributed by atoms with Gasteiger partial charge in [0.05, 0.1) is 8.07 Å². The van der Waals surface area contributed by atoms with Crippen LogP contribution in [0.1, 0.15) is 52.7 Å².